The lowest BCUT2D eigenvalue weighted by Crippen LogP contribution is -2.46. The second kappa shape index (κ2) is 16.4. The highest BCUT2D eigenvalue weighted by Gasteiger charge is 2.39. The van der Waals surface area contributed by atoms with E-state index in [1.807, 2.05) is 0 Å². The van der Waals surface area contributed by atoms with Crippen molar-refractivity contribution in [2.75, 3.05) is 14.2 Å². The zero-order valence-corrected chi connectivity index (χ0v) is 29.6. The van der Waals surface area contributed by atoms with Crippen molar-refractivity contribution in [1.29, 1.82) is 0 Å². The van der Waals surface area contributed by atoms with Gasteiger partial charge in [-0.05, 0) is 84.3 Å². The summed E-state index contributed by atoms with van der Waals surface area (Å²) in [5.41, 5.74) is 0.626. The molecule has 0 spiro atoms. The van der Waals surface area contributed by atoms with Crippen LogP contribution in [0.2, 0.25) is 0 Å². The van der Waals surface area contributed by atoms with Gasteiger partial charge < -0.3 is 19.7 Å². The number of carboxylic acids is 2. The van der Waals surface area contributed by atoms with E-state index in [1.54, 1.807) is 52.0 Å². The molecule has 0 fully saturated rings. The summed E-state index contributed by atoms with van der Waals surface area (Å²) in [5, 5.41) is 20.6. The van der Waals surface area contributed by atoms with Gasteiger partial charge in [0.1, 0.15) is 23.6 Å². The minimum absolute atomic E-state index is 0.000333. The van der Waals surface area contributed by atoms with Crippen molar-refractivity contribution in [3.63, 3.8) is 0 Å². The number of nitrogens with zero attached hydrogens (tertiary/aromatic N) is 2. The molecule has 0 aliphatic heterocycles. The molecule has 0 heterocycles. The second-order valence-electron chi connectivity index (χ2n) is 12.2. The fraction of sp³-hybridized carbons (Fsp3) is 0.412. The van der Waals surface area contributed by atoms with Crippen molar-refractivity contribution in [2.24, 2.45) is 11.8 Å². The zero-order valence-electron chi connectivity index (χ0n) is 27.9. The molecule has 0 saturated heterocycles. The van der Waals surface area contributed by atoms with Crippen molar-refractivity contribution < 1.29 is 46.1 Å². The number of hydrogen-bond acceptors (Lipinski definition) is 8. The van der Waals surface area contributed by atoms with Gasteiger partial charge in [0.05, 0.1) is 24.0 Å². The van der Waals surface area contributed by atoms with E-state index in [0.717, 1.165) is 8.61 Å². The molecule has 14 heteroatoms. The first-order valence-corrected chi connectivity index (χ1v) is 18.2. The maximum atomic E-state index is 14.1. The van der Waals surface area contributed by atoms with Crippen LogP contribution in [0.1, 0.15) is 51.7 Å². The van der Waals surface area contributed by atoms with Gasteiger partial charge in [-0.1, -0.05) is 52.0 Å². The number of ether oxygens (including phenoxy) is 2. The monoisotopic (exact) mass is 704 g/mol. The predicted octanol–water partition coefficient (Wildman–Crippen LogP) is 5.08. The van der Waals surface area contributed by atoms with E-state index in [1.165, 1.54) is 62.8 Å². The second-order valence-corrected chi connectivity index (χ2v) is 16.0. The third-order valence-corrected chi connectivity index (χ3v) is 11.5. The number of benzene rings is 3. The first-order chi connectivity index (χ1) is 22.5. The number of carbonyl (C=O) groups is 2. The Labute approximate surface area is 283 Å². The van der Waals surface area contributed by atoms with Crippen LogP contribution in [0.25, 0.3) is 0 Å². The van der Waals surface area contributed by atoms with Crippen LogP contribution in [0.5, 0.6) is 11.5 Å². The lowest BCUT2D eigenvalue weighted by atomic mass is 10.0. The fourth-order valence-electron chi connectivity index (χ4n) is 5.27. The van der Waals surface area contributed by atoms with Gasteiger partial charge in [0.15, 0.2) is 0 Å². The van der Waals surface area contributed by atoms with Crippen molar-refractivity contribution in [3.05, 3.63) is 83.9 Å². The summed E-state index contributed by atoms with van der Waals surface area (Å²) in [6.07, 6.45) is 0.000666. The van der Waals surface area contributed by atoms with Crippen LogP contribution in [0.4, 0.5) is 0 Å². The number of hydrogen-bond donors (Lipinski definition) is 2. The average molecular weight is 705 g/mol. The molecule has 0 unspecified atom stereocenters. The van der Waals surface area contributed by atoms with Crippen LogP contribution >= 0.6 is 0 Å². The number of sulfonamides is 2. The van der Waals surface area contributed by atoms with Gasteiger partial charge in [-0.3, -0.25) is 9.59 Å². The highest BCUT2D eigenvalue weighted by atomic mass is 32.2. The van der Waals surface area contributed by atoms with Gasteiger partial charge in [-0.2, -0.15) is 8.61 Å². The predicted molar refractivity (Wildman–Crippen MR) is 180 cm³/mol. The Bertz CT molecular complexity index is 1630. The molecule has 48 heavy (non-hydrogen) atoms. The molecule has 0 amide bonds. The molecule has 2 atom stereocenters. The third kappa shape index (κ3) is 9.34. The summed E-state index contributed by atoms with van der Waals surface area (Å²) in [6.45, 7) is 6.28. The molecule has 3 rings (SSSR count). The zero-order chi connectivity index (χ0) is 35.8. The fourth-order valence-corrected chi connectivity index (χ4v) is 8.41. The van der Waals surface area contributed by atoms with Crippen LogP contribution in [0.15, 0.2) is 82.6 Å². The molecule has 0 aromatic heterocycles. The molecular weight excluding hydrogens is 661 g/mol. The summed E-state index contributed by atoms with van der Waals surface area (Å²) in [4.78, 5) is 24.9. The summed E-state index contributed by atoms with van der Waals surface area (Å²) in [6, 6.07) is 14.6. The van der Waals surface area contributed by atoms with Crippen molar-refractivity contribution >= 4 is 32.0 Å². The molecule has 2 N–H and O–H groups in total. The number of carboxylic acid groups (broad SMARTS) is 2. The van der Waals surface area contributed by atoms with E-state index < -0.39 is 57.2 Å². The van der Waals surface area contributed by atoms with Gasteiger partial charge in [0.2, 0.25) is 20.0 Å². The van der Waals surface area contributed by atoms with Crippen LogP contribution in [0.3, 0.4) is 0 Å². The molecule has 3 aromatic carbocycles. The van der Waals surface area contributed by atoms with Crippen LogP contribution < -0.4 is 9.47 Å². The molecule has 0 aliphatic carbocycles. The van der Waals surface area contributed by atoms with E-state index >= 15 is 0 Å². The smallest absolute Gasteiger partial charge is 0.322 e. The van der Waals surface area contributed by atoms with E-state index in [4.69, 9.17) is 9.47 Å². The first-order valence-electron chi connectivity index (χ1n) is 15.4. The Kier molecular flexibility index (Phi) is 13.2. The van der Waals surface area contributed by atoms with Crippen LogP contribution in [-0.2, 0) is 42.7 Å². The van der Waals surface area contributed by atoms with Crippen molar-refractivity contribution in [1.82, 2.24) is 8.61 Å². The van der Waals surface area contributed by atoms with Gasteiger partial charge in [0.25, 0.3) is 0 Å². The molecule has 0 bridgehead atoms. The first kappa shape index (κ1) is 38.5. The van der Waals surface area contributed by atoms with Crippen molar-refractivity contribution in [3.8, 4) is 11.5 Å². The molecule has 3 aromatic rings. The highest BCUT2D eigenvalue weighted by molar-refractivity contribution is 7.89. The van der Waals surface area contributed by atoms with E-state index in [9.17, 15) is 36.6 Å². The molecule has 12 nitrogen and oxygen atoms in total. The van der Waals surface area contributed by atoms with Crippen LogP contribution in [-0.4, -0.2) is 73.9 Å². The largest absolute Gasteiger partial charge is 0.497 e. The van der Waals surface area contributed by atoms with Gasteiger partial charge in [-0.15, -0.1) is 0 Å². The van der Waals surface area contributed by atoms with E-state index in [-0.39, 0.29) is 34.5 Å². The van der Waals surface area contributed by atoms with Crippen molar-refractivity contribution in [2.45, 2.75) is 75.5 Å². The molecule has 262 valence electrons. The van der Waals surface area contributed by atoms with E-state index in [2.05, 4.69) is 0 Å². The Morgan fingerprint density at radius 3 is 1.17 bits per heavy atom. The van der Waals surface area contributed by atoms with Gasteiger partial charge in [0, 0.05) is 13.1 Å². The summed E-state index contributed by atoms with van der Waals surface area (Å²) >= 11 is 0. The number of aliphatic carboxylic acids is 2. The molecular formula is C34H44N2O10S2. The minimum Gasteiger partial charge on any atom is -0.497 e. The number of methoxy groups -OCH3 is 2. The minimum atomic E-state index is -4.42. The SMILES string of the molecule is COc1ccc(S(=O)(=O)N(Cc2ccccc2CN([C@@H](CC(C)C)C(=O)O)S(=O)(=O)c2ccc(OC)cc2)[C@@H](CC(C)C)C(=O)O)cc1. The van der Waals surface area contributed by atoms with Gasteiger partial charge in [-0.25, -0.2) is 16.8 Å². The molecule has 0 saturated carbocycles. The Hall–Kier alpha value is -3.98. The average Bonchev–Trinajstić information content (AvgIpc) is 3.04. The molecule has 0 aliphatic rings. The summed E-state index contributed by atoms with van der Waals surface area (Å²) < 4.78 is 68.7. The maximum absolute atomic E-state index is 14.1. The van der Waals surface area contributed by atoms with E-state index in [0.29, 0.717) is 22.6 Å². The Morgan fingerprint density at radius 2 is 0.917 bits per heavy atom. The highest BCUT2D eigenvalue weighted by Crippen LogP contribution is 2.30. The maximum Gasteiger partial charge on any atom is 0.322 e. The summed E-state index contributed by atoms with van der Waals surface area (Å²) in [5.74, 6) is -2.24. The lowest BCUT2D eigenvalue weighted by Gasteiger charge is -2.32. The Morgan fingerprint density at radius 1 is 0.604 bits per heavy atom. The normalized spacial score (nSPS) is 13.5. The standard InChI is InChI=1S/C34H44N2O10S2/c1-23(2)19-31(33(37)38)35(47(41,42)29-15-11-27(45-5)12-16-29)21-25-9-7-8-10-26(25)22-36(32(34(39)40)20-24(3)4)48(43,44)30-17-13-28(46-6)14-18-30/h7-18,23-24,31-32H,19-22H2,1-6H3,(H,37,38)(H,39,40)/t31-,32-/m0/s1. The summed E-state index contributed by atoms with van der Waals surface area (Å²) in [7, 11) is -5.98. The lowest BCUT2D eigenvalue weighted by molar-refractivity contribution is -0.143. The van der Waals surface area contributed by atoms with Crippen LogP contribution in [0, 0.1) is 11.8 Å². The number of rotatable bonds is 18. The Balaban J connectivity index is 2.19. The topological polar surface area (TPSA) is 168 Å². The van der Waals surface area contributed by atoms with Gasteiger partial charge >= 0.3 is 11.9 Å². The molecule has 0 radical (unpaired) electrons. The third-order valence-electron chi connectivity index (χ3n) is 7.76. The quantitative estimate of drug-likeness (QED) is 0.182.